The quantitative estimate of drug-likeness (QED) is 0.687. The Bertz CT molecular complexity index is 585. The SMILES string of the molecule is C/C(=N\Nc1cc(C)nc(C)n1)c1ccc(Cl)cc1. The zero-order valence-electron chi connectivity index (χ0n) is 11.1. The molecule has 0 aliphatic rings. The third kappa shape index (κ3) is 3.76. The fraction of sp³-hybridized carbons (Fsp3) is 0.214. The predicted molar refractivity (Wildman–Crippen MR) is 78.8 cm³/mol. The topological polar surface area (TPSA) is 50.2 Å². The molecule has 0 aliphatic heterocycles. The Kier molecular flexibility index (Phi) is 4.12. The molecule has 98 valence electrons. The molecule has 4 nitrogen and oxygen atoms in total. The minimum Gasteiger partial charge on any atom is -0.261 e. The maximum Gasteiger partial charge on any atom is 0.150 e. The number of hydrogen-bond acceptors (Lipinski definition) is 4. The van der Waals surface area contributed by atoms with E-state index in [0.717, 1.165) is 22.8 Å². The molecule has 1 N–H and O–H groups in total. The lowest BCUT2D eigenvalue weighted by atomic mass is 10.1. The molecule has 0 spiro atoms. The van der Waals surface area contributed by atoms with Crippen LogP contribution in [0.3, 0.4) is 0 Å². The van der Waals surface area contributed by atoms with Gasteiger partial charge in [-0.15, -0.1) is 0 Å². The molecule has 1 heterocycles. The summed E-state index contributed by atoms with van der Waals surface area (Å²) in [4.78, 5) is 8.48. The maximum absolute atomic E-state index is 5.85. The summed E-state index contributed by atoms with van der Waals surface area (Å²) in [5.74, 6) is 1.42. The Morgan fingerprint density at radius 2 is 1.84 bits per heavy atom. The number of hydrazone groups is 1. The van der Waals surface area contributed by atoms with Gasteiger partial charge in [-0.05, 0) is 38.5 Å². The van der Waals surface area contributed by atoms with Gasteiger partial charge in [0.05, 0.1) is 5.71 Å². The highest BCUT2D eigenvalue weighted by Gasteiger charge is 1.99. The van der Waals surface area contributed by atoms with Gasteiger partial charge in [-0.3, -0.25) is 5.43 Å². The Labute approximate surface area is 117 Å². The average Bonchev–Trinajstić information content (AvgIpc) is 2.36. The number of aryl methyl sites for hydroxylation is 2. The van der Waals surface area contributed by atoms with Crippen LogP contribution < -0.4 is 5.43 Å². The lowest BCUT2D eigenvalue weighted by molar-refractivity contribution is 1.00. The van der Waals surface area contributed by atoms with E-state index in [-0.39, 0.29) is 0 Å². The van der Waals surface area contributed by atoms with Gasteiger partial charge in [0.2, 0.25) is 0 Å². The van der Waals surface area contributed by atoms with E-state index < -0.39 is 0 Å². The van der Waals surface area contributed by atoms with E-state index in [1.807, 2.05) is 51.1 Å². The Morgan fingerprint density at radius 3 is 2.47 bits per heavy atom. The zero-order valence-corrected chi connectivity index (χ0v) is 11.9. The average molecular weight is 275 g/mol. The smallest absolute Gasteiger partial charge is 0.150 e. The van der Waals surface area contributed by atoms with Gasteiger partial charge in [-0.25, -0.2) is 9.97 Å². The second kappa shape index (κ2) is 5.80. The molecule has 0 amide bonds. The van der Waals surface area contributed by atoms with Crippen LogP contribution in [0.4, 0.5) is 5.82 Å². The number of benzene rings is 1. The Balaban J connectivity index is 2.15. The molecule has 5 heteroatoms. The van der Waals surface area contributed by atoms with E-state index in [1.165, 1.54) is 0 Å². The summed E-state index contributed by atoms with van der Waals surface area (Å²) in [5.41, 5.74) is 5.73. The number of anilines is 1. The minimum atomic E-state index is 0.693. The molecule has 2 rings (SSSR count). The molecule has 1 aromatic carbocycles. The molecule has 2 aromatic rings. The fourth-order valence-electron chi connectivity index (χ4n) is 1.67. The number of nitrogens with one attached hydrogen (secondary N) is 1. The first-order valence-corrected chi connectivity index (χ1v) is 6.31. The molecule has 0 radical (unpaired) electrons. The van der Waals surface area contributed by atoms with E-state index in [2.05, 4.69) is 20.5 Å². The fourth-order valence-corrected chi connectivity index (χ4v) is 1.80. The van der Waals surface area contributed by atoms with Crippen molar-refractivity contribution >= 4 is 23.1 Å². The molecule has 0 atom stereocenters. The molecule has 19 heavy (non-hydrogen) atoms. The summed E-state index contributed by atoms with van der Waals surface area (Å²) >= 11 is 5.85. The highest BCUT2D eigenvalue weighted by molar-refractivity contribution is 6.30. The second-order valence-electron chi connectivity index (χ2n) is 4.26. The molecule has 0 saturated heterocycles. The van der Waals surface area contributed by atoms with Crippen molar-refractivity contribution in [3.63, 3.8) is 0 Å². The summed E-state index contributed by atoms with van der Waals surface area (Å²) in [5, 5.41) is 5.02. The molecule has 0 bridgehead atoms. The molecule has 0 unspecified atom stereocenters. The van der Waals surface area contributed by atoms with Crippen LogP contribution in [0.5, 0.6) is 0 Å². The van der Waals surface area contributed by atoms with Gasteiger partial charge < -0.3 is 0 Å². The van der Waals surface area contributed by atoms with Crippen molar-refractivity contribution in [2.75, 3.05) is 5.43 Å². The van der Waals surface area contributed by atoms with Crippen LogP contribution in [0.15, 0.2) is 35.4 Å². The summed E-state index contributed by atoms with van der Waals surface area (Å²) < 4.78 is 0. The van der Waals surface area contributed by atoms with Crippen molar-refractivity contribution in [3.05, 3.63) is 52.4 Å². The number of rotatable bonds is 3. The molecular formula is C14H15ClN4. The first kappa shape index (κ1) is 13.5. The van der Waals surface area contributed by atoms with Crippen molar-refractivity contribution < 1.29 is 0 Å². The third-order valence-electron chi connectivity index (χ3n) is 2.57. The second-order valence-corrected chi connectivity index (χ2v) is 4.69. The van der Waals surface area contributed by atoms with Crippen molar-refractivity contribution in [1.82, 2.24) is 9.97 Å². The highest BCUT2D eigenvalue weighted by Crippen LogP contribution is 2.11. The highest BCUT2D eigenvalue weighted by atomic mass is 35.5. The summed E-state index contributed by atoms with van der Waals surface area (Å²) in [7, 11) is 0. The predicted octanol–water partition coefficient (Wildman–Crippen LogP) is 3.58. The van der Waals surface area contributed by atoms with E-state index in [0.29, 0.717) is 10.8 Å². The summed E-state index contributed by atoms with van der Waals surface area (Å²) in [6.07, 6.45) is 0. The number of halogens is 1. The monoisotopic (exact) mass is 274 g/mol. The van der Waals surface area contributed by atoms with Gasteiger partial charge in [0.25, 0.3) is 0 Å². The zero-order chi connectivity index (χ0) is 13.8. The van der Waals surface area contributed by atoms with Crippen molar-refractivity contribution in [3.8, 4) is 0 Å². The largest absolute Gasteiger partial charge is 0.261 e. The van der Waals surface area contributed by atoms with Gasteiger partial charge in [-0.1, -0.05) is 23.7 Å². The first-order chi connectivity index (χ1) is 9.04. The van der Waals surface area contributed by atoms with E-state index in [9.17, 15) is 0 Å². The number of aromatic nitrogens is 2. The number of hydrogen-bond donors (Lipinski definition) is 1. The van der Waals surface area contributed by atoms with Crippen molar-refractivity contribution in [2.24, 2.45) is 5.10 Å². The Hall–Kier alpha value is -1.94. The van der Waals surface area contributed by atoms with Crippen LogP contribution in [-0.4, -0.2) is 15.7 Å². The van der Waals surface area contributed by atoms with E-state index in [1.54, 1.807) is 0 Å². The molecular weight excluding hydrogens is 260 g/mol. The van der Waals surface area contributed by atoms with Gasteiger partial charge in [-0.2, -0.15) is 5.10 Å². The van der Waals surface area contributed by atoms with Gasteiger partial charge in [0, 0.05) is 16.8 Å². The summed E-state index contributed by atoms with van der Waals surface area (Å²) in [6, 6.07) is 9.40. The maximum atomic E-state index is 5.85. The van der Waals surface area contributed by atoms with Crippen molar-refractivity contribution in [1.29, 1.82) is 0 Å². The normalized spacial score (nSPS) is 11.5. The first-order valence-electron chi connectivity index (χ1n) is 5.93. The van der Waals surface area contributed by atoms with Crippen molar-refractivity contribution in [2.45, 2.75) is 20.8 Å². The third-order valence-corrected chi connectivity index (χ3v) is 2.82. The standard InChI is InChI=1S/C14H15ClN4/c1-9-8-14(17-11(3)16-9)19-18-10(2)12-4-6-13(15)7-5-12/h4-8H,1-3H3,(H,16,17,19)/b18-10+. The van der Waals surface area contributed by atoms with Gasteiger partial charge in [0.15, 0.2) is 0 Å². The summed E-state index contributed by atoms with van der Waals surface area (Å²) in [6.45, 7) is 5.71. The minimum absolute atomic E-state index is 0.693. The molecule has 0 aliphatic carbocycles. The van der Waals surface area contributed by atoms with Crippen LogP contribution in [0.1, 0.15) is 24.0 Å². The van der Waals surface area contributed by atoms with E-state index >= 15 is 0 Å². The van der Waals surface area contributed by atoms with Gasteiger partial charge >= 0.3 is 0 Å². The van der Waals surface area contributed by atoms with Gasteiger partial charge in [0.1, 0.15) is 11.6 Å². The molecule has 1 aromatic heterocycles. The van der Waals surface area contributed by atoms with Crippen LogP contribution in [0.25, 0.3) is 0 Å². The molecule has 0 saturated carbocycles. The lowest BCUT2D eigenvalue weighted by Crippen LogP contribution is -2.02. The number of nitrogens with zero attached hydrogens (tertiary/aromatic N) is 3. The van der Waals surface area contributed by atoms with Crippen LogP contribution in [0, 0.1) is 13.8 Å². The molecule has 0 fully saturated rings. The Morgan fingerprint density at radius 1 is 1.16 bits per heavy atom. The van der Waals surface area contributed by atoms with Crippen LogP contribution in [0.2, 0.25) is 5.02 Å². The van der Waals surface area contributed by atoms with Crippen LogP contribution >= 0.6 is 11.6 Å². The lowest BCUT2D eigenvalue weighted by Gasteiger charge is -2.04. The van der Waals surface area contributed by atoms with Crippen LogP contribution in [-0.2, 0) is 0 Å². The van der Waals surface area contributed by atoms with E-state index in [4.69, 9.17) is 11.6 Å².